The molecule has 0 saturated heterocycles. The first-order valence-electron chi connectivity index (χ1n) is 8.35. The molecule has 0 bridgehead atoms. The summed E-state index contributed by atoms with van der Waals surface area (Å²) in [6.07, 6.45) is 4.69. The van der Waals surface area contributed by atoms with Gasteiger partial charge in [-0.05, 0) is 18.2 Å². The fraction of sp³-hybridized carbons (Fsp3) is 0.211. The van der Waals surface area contributed by atoms with Gasteiger partial charge in [0.25, 0.3) is 5.91 Å². The van der Waals surface area contributed by atoms with Crippen LogP contribution < -0.4 is 14.8 Å². The van der Waals surface area contributed by atoms with Crippen molar-refractivity contribution in [3.63, 3.8) is 0 Å². The van der Waals surface area contributed by atoms with Crippen LogP contribution in [0.2, 0.25) is 0 Å². The predicted octanol–water partition coefficient (Wildman–Crippen LogP) is 2.53. The van der Waals surface area contributed by atoms with Crippen molar-refractivity contribution in [3.05, 3.63) is 60.3 Å². The molecule has 2 heterocycles. The highest BCUT2D eigenvalue weighted by Crippen LogP contribution is 2.31. The number of carbonyl (C=O) groups is 1. The van der Waals surface area contributed by atoms with Gasteiger partial charge < -0.3 is 24.0 Å². The molecule has 3 rings (SSSR count). The Balaban J connectivity index is 1.74. The predicted molar refractivity (Wildman–Crippen MR) is 102 cm³/mol. The van der Waals surface area contributed by atoms with Crippen molar-refractivity contribution in [1.29, 1.82) is 0 Å². The van der Waals surface area contributed by atoms with Crippen molar-refractivity contribution < 1.29 is 23.5 Å². The third-order valence-electron chi connectivity index (χ3n) is 3.86. The number of rotatable bonds is 8. The van der Waals surface area contributed by atoms with Gasteiger partial charge in [-0.1, -0.05) is 17.3 Å². The Morgan fingerprint density at radius 1 is 1.21 bits per heavy atom. The van der Waals surface area contributed by atoms with Crippen molar-refractivity contribution in [3.8, 4) is 11.5 Å². The molecule has 3 aromatic rings. The lowest BCUT2D eigenvalue weighted by Gasteiger charge is -2.12. The van der Waals surface area contributed by atoms with Crippen molar-refractivity contribution in [2.24, 2.45) is 5.16 Å². The summed E-state index contributed by atoms with van der Waals surface area (Å²) in [6.45, 7) is 0.438. The van der Waals surface area contributed by atoms with Gasteiger partial charge in [-0.3, -0.25) is 9.48 Å². The van der Waals surface area contributed by atoms with Gasteiger partial charge in [0.15, 0.2) is 17.3 Å². The van der Waals surface area contributed by atoms with Crippen LogP contribution in [0.25, 0.3) is 0 Å². The summed E-state index contributed by atoms with van der Waals surface area (Å²) in [7, 11) is 4.53. The van der Waals surface area contributed by atoms with Crippen LogP contribution in [0.5, 0.6) is 11.5 Å². The van der Waals surface area contributed by atoms with Crippen LogP contribution in [-0.4, -0.2) is 42.7 Å². The summed E-state index contributed by atoms with van der Waals surface area (Å²) < 4.78 is 17.6. The standard InChI is InChI=1S/C19H20N4O5/c1-25-16-7-4-6-13(18(16)26-2)11-23-12-14(10-20-23)21-19(24)17(22-27-3)15-8-5-9-28-15/h4-10,12H,11H2,1-3H3,(H,21,24). The molecule has 0 radical (unpaired) electrons. The molecular weight excluding hydrogens is 364 g/mol. The number of anilines is 1. The van der Waals surface area contributed by atoms with E-state index in [4.69, 9.17) is 18.7 Å². The molecule has 0 atom stereocenters. The van der Waals surface area contributed by atoms with E-state index in [0.717, 1.165) is 5.56 Å². The van der Waals surface area contributed by atoms with Gasteiger partial charge in [-0.15, -0.1) is 0 Å². The molecule has 0 saturated carbocycles. The van der Waals surface area contributed by atoms with Gasteiger partial charge >= 0.3 is 0 Å². The molecule has 0 aliphatic rings. The molecule has 146 valence electrons. The van der Waals surface area contributed by atoms with Crippen molar-refractivity contribution >= 4 is 17.3 Å². The number of carbonyl (C=O) groups excluding carboxylic acids is 1. The molecule has 0 fully saturated rings. The maximum atomic E-state index is 12.5. The topological polar surface area (TPSA) is 100 Å². The molecule has 0 aliphatic heterocycles. The lowest BCUT2D eigenvalue weighted by Crippen LogP contribution is -2.23. The van der Waals surface area contributed by atoms with Crippen molar-refractivity contribution in [1.82, 2.24) is 9.78 Å². The van der Waals surface area contributed by atoms with Crippen molar-refractivity contribution in [2.75, 3.05) is 26.6 Å². The van der Waals surface area contributed by atoms with Crippen LogP contribution in [-0.2, 0) is 16.2 Å². The van der Waals surface area contributed by atoms with E-state index in [1.54, 1.807) is 37.2 Å². The first-order chi connectivity index (χ1) is 13.7. The summed E-state index contributed by atoms with van der Waals surface area (Å²) >= 11 is 0. The van der Waals surface area contributed by atoms with Crippen LogP contribution in [0.1, 0.15) is 11.3 Å². The van der Waals surface area contributed by atoms with E-state index in [9.17, 15) is 4.79 Å². The number of nitrogens with zero attached hydrogens (tertiary/aromatic N) is 3. The molecule has 0 spiro atoms. The van der Waals surface area contributed by atoms with E-state index in [-0.39, 0.29) is 5.71 Å². The molecule has 1 amide bonds. The SMILES string of the molecule is CON=C(C(=O)Nc1cnn(Cc2cccc(OC)c2OC)c1)c1ccco1. The van der Waals surface area contributed by atoms with Crippen LogP contribution in [0.15, 0.2) is 58.6 Å². The Morgan fingerprint density at radius 3 is 2.75 bits per heavy atom. The summed E-state index contributed by atoms with van der Waals surface area (Å²) in [5.74, 6) is 1.10. The number of para-hydroxylation sites is 1. The molecule has 1 aromatic carbocycles. The van der Waals surface area contributed by atoms with Gasteiger partial charge in [-0.25, -0.2) is 0 Å². The fourth-order valence-corrected chi connectivity index (χ4v) is 2.66. The number of ether oxygens (including phenoxy) is 2. The first-order valence-corrected chi connectivity index (χ1v) is 8.35. The Bertz CT molecular complexity index is 963. The zero-order valence-electron chi connectivity index (χ0n) is 15.7. The number of amides is 1. The lowest BCUT2D eigenvalue weighted by molar-refractivity contribution is -0.110. The largest absolute Gasteiger partial charge is 0.493 e. The molecular formula is C19H20N4O5. The Kier molecular flexibility index (Phi) is 5.95. The average Bonchev–Trinajstić information content (AvgIpc) is 3.38. The maximum Gasteiger partial charge on any atom is 0.281 e. The highest BCUT2D eigenvalue weighted by molar-refractivity contribution is 6.48. The van der Waals surface area contributed by atoms with Crippen LogP contribution >= 0.6 is 0 Å². The number of hydrogen-bond donors (Lipinski definition) is 1. The fourth-order valence-electron chi connectivity index (χ4n) is 2.66. The number of nitrogens with one attached hydrogen (secondary N) is 1. The average molecular weight is 384 g/mol. The molecule has 0 aliphatic carbocycles. The van der Waals surface area contributed by atoms with E-state index in [1.807, 2.05) is 18.2 Å². The third-order valence-corrected chi connectivity index (χ3v) is 3.86. The number of benzene rings is 1. The minimum atomic E-state index is -0.477. The van der Waals surface area contributed by atoms with Gasteiger partial charge in [0.1, 0.15) is 7.11 Å². The highest BCUT2D eigenvalue weighted by Gasteiger charge is 2.19. The lowest BCUT2D eigenvalue weighted by atomic mass is 10.2. The monoisotopic (exact) mass is 384 g/mol. The van der Waals surface area contributed by atoms with E-state index in [0.29, 0.717) is 29.5 Å². The normalized spacial score (nSPS) is 11.2. The molecule has 2 aromatic heterocycles. The van der Waals surface area contributed by atoms with Crippen LogP contribution in [0.4, 0.5) is 5.69 Å². The molecule has 1 N–H and O–H groups in total. The number of methoxy groups -OCH3 is 2. The second kappa shape index (κ2) is 8.76. The number of furan rings is 1. The first kappa shape index (κ1) is 19.0. The van der Waals surface area contributed by atoms with E-state index in [2.05, 4.69) is 15.6 Å². The second-order valence-electron chi connectivity index (χ2n) is 5.63. The number of aromatic nitrogens is 2. The van der Waals surface area contributed by atoms with Gasteiger partial charge in [0.2, 0.25) is 5.71 Å². The molecule has 28 heavy (non-hydrogen) atoms. The third kappa shape index (κ3) is 4.14. The smallest absolute Gasteiger partial charge is 0.281 e. The van der Waals surface area contributed by atoms with E-state index in [1.165, 1.54) is 19.6 Å². The molecule has 0 unspecified atom stereocenters. The summed E-state index contributed by atoms with van der Waals surface area (Å²) in [6, 6.07) is 8.90. The highest BCUT2D eigenvalue weighted by atomic mass is 16.6. The summed E-state index contributed by atoms with van der Waals surface area (Å²) in [5.41, 5.74) is 1.41. The quantitative estimate of drug-likeness (QED) is 0.473. The molecule has 9 heteroatoms. The molecule has 9 nitrogen and oxygen atoms in total. The Labute approximate surface area is 161 Å². The minimum absolute atomic E-state index is 0.0229. The van der Waals surface area contributed by atoms with Gasteiger partial charge in [-0.2, -0.15) is 5.10 Å². The van der Waals surface area contributed by atoms with Crippen LogP contribution in [0.3, 0.4) is 0 Å². The Morgan fingerprint density at radius 2 is 2.07 bits per heavy atom. The summed E-state index contributed by atoms with van der Waals surface area (Å²) in [5, 5.41) is 10.7. The summed E-state index contributed by atoms with van der Waals surface area (Å²) in [4.78, 5) is 17.2. The zero-order chi connectivity index (χ0) is 19.9. The number of oxime groups is 1. The van der Waals surface area contributed by atoms with E-state index >= 15 is 0 Å². The van der Waals surface area contributed by atoms with Crippen molar-refractivity contribution in [2.45, 2.75) is 6.54 Å². The Hall–Kier alpha value is -3.75. The van der Waals surface area contributed by atoms with Crippen LogP contribution in [0, 0.1) is 0 Å². The van der Waals surface area contributed by atoms with Gasteiger partial charge in [0, 0.05) is 11.8 Å². The second-order valence-corrected chi connectivity index (χ2v) is 5.63. The number of hydrogen-bond acceptors (Lipinski definition) is 7. The van der Waals surface area contributed by atoms with E-state index < -0.39 is 5.91 Å². The zero-order valence-corrected chi connectivity index (χ0v) is 15.7. The van der Waals surface area contributed by atoms with Gasteiger partial charge in [0.05, 0.1) is 38.9 Å². The minimum Gasteiger partial charge on any atom is -0.493 e. The maximum absolute atomic E-state index is 12.5.